The van der Waals surface area contributed by atoms with E-state index >= 15 is 0 Å². The van der Waals surface area contributed by atoms with Crippen LogP contribution in [0.5, 0.6) is 0 Å². The molecule has 0 bridgehead atoms. The second kappa shape index (κ2) is 21.8. The highest BCUT2D eigenvalue weighted by molar-refractivity contribution is 7.86. The van der Waals surface area contributed by atoms with E-state index in [1.54, 1.807) is 45.0 Å². The number of anilines is 5. The van der Waals surface area contributed by atoms with Crippen LogP contribution in [0.4, 0.5) is 29.2 Å². The zero-order valence-electron chi connectivity index (χ0n) is 38.5. The molecule has 0 fully saturated rings. The Bertz CT molecular complexity index is 3410. The molecule has 4 aromatic carbocycles. The van der Waals surface area contributed by atoms with Gasteiger partial charge in [0.25, 0.3) is 0 Å². The van der Waals surface area contributed by atoms with E-state index in [2.05, 4.69) is 45.9 Å². The summed E-state index contributed by atoms with van der Waals surface area (Å²) in [5, 5.41) is 31.9. The van der Waals surface area contributed by atoms with Crippen molar-refractivity contribution in [3.05, 3.63) is 129 Å². The van der Waals surface area contributed by atoms with E-state index < -0.39 is 75.7 Å². The standard InChI is InChI=1S/C46H49N9O13S3/c1-6-28(5)47-44-53-41(21-32-20-35(69(60,61)62)15-8-26(32)3)54-45(55-44)48-34-14-13-31(38(24-34)71(66,67)68)12-11-30-10-9-29(18-27(30)4)19-39-50-40(22-33(43(58)59)23-42(56)57)52-46(51-39)49-36-17-25(2)7-16-37(36)70(63,64)65/h7-18,20,24,28,33H,6,19,21-23H2,1-5H3,(H,56,57)(H,58,59)(H,60,61,62)(H,63,64,65)(H,66,67,68)(H,49,50,51,52)(H2,47,48,53,54,55)/p-5/b12-11+. The summed E-state index contributed by atoms with van der Waals surface area (Å²) in [6.45, 7) is 8.95. The molecular weight excluding hydrogens is 983 g/mol. The maximum Gasteiger partial charge on any atom is 0.232 e. The van der Waals surface area contributed by atoms with Gasteiger partial charge in [0, 0.05) is 48.8 Å². The number of hydrogen-bond acceptors (Lipinski definition) is 22. The molecule has 2 atom stereocenters. The minimum atomic E-state index is -5.08. The number of aromatic nitrogens is 6. The van der Waals surface area contributed by atoms with Gasteiger partial charge in [-0.25, -0.2) is 30.2 Å². The van der Waals surface area contributed by atoms with Crippen LogP contribution in [0.3, 0.4) is 0 Å². The van der Waals surface area contributed by atoms with Gasteiger partial charge in [0.1, 0.15) is 47.8 Å². The molecule has 0 aliphatic carbocycles. The van der Waals surface area contributed by atoms with Gasteiger partial charge in [-0.05, 0) is 116 Å². The van der Waals surface area contributed by atoms with E-state index in [1.807, 2.05) is 13.8 Å². The number of nitrogens with one attached hydrogen (secondary N) is 3. The molecule has 25 heteroatoms. The lowest BCUT2D eigenvalue weighted by molar-refractivity contribution is -0.320. The van der Waals surface area contributed by atoms with Crippen LogP contribution in [0.25, 0.3) is 12.2 Å². The molecule has 2 aromatic heterocycles. The van der Waals surface area contributed by atoms with Gasteiger partial charge in [-0.2, -0.15) is 24.9 Å². The number of rotatable bonds is 21. The first kappa shape index (κ1) is 53.1. The molecule has 0 spiro atoms. The van der Waals surface area contributed by atoms with Crippen molar-refractivity contribution >= 4 is 83.7 Å². The summed E-state index contributed by atoms with van der Waals surface area (Å²) in [5.74, 6) is -5.09. The minimum Gasteiger partial charge on any atom is -0.744 e. The number of hydrogen-bond donors (Lipinski definition) is 3. The molecule has 0 aliphatic rings. The first-order chi connectivity index (χ1) is 33.2. The largest absolute Gasteiger partial charge is 0.744 e. The molecule has 2 unspecified atom stereocenters. The number of aryl methyl sites for hydroxylation is 3. The van der Waals surface area contributed by atoms with Crippen molar-refractivity contribution in [3.63, 3.8) is 0 Å². The highest BCUT2D eigenvalue weighted by atomic mass is 32.2. The normalized spacial score (nSPS) is 12.9. The van der Waals surface area contributed by atoms with Crippen molar-refractivity contribution in [2.24, 2.45) is 5.92 Å². The lowest BCUT2D eigenvalue weighted by Crippen LogP contribution is -2.37. The average molecular weight is 1030 g/mol. The summed E-state index contributed by atoms with van der Waals surface area (Å²) >= 11 is 0. The summed E-state index contributed by atoms with van der Waals surface area (Å²) < 4.78 is 109. The van der Waals surface area contributed by atoms with Gasteiger partial charge in [0.2, 0.25) is 17.8 Å². The predicted molar refractivity (Wildman–Crippen MR) is 250 cm³/mol. The third-order valence-corrected chi connectivity index (χ3v) is 13.5. The van der Waals surface area contributed by atoms with Crippen LogP contribution in [0.1, 0.15) is 83.1 Å². The molecule has 0 radical (unpaired) electrons. The molecule has 0 aliphatic heterocycles. The smallest absolute Gasteiger partial charge is 0.232 e. The highest BCUT2D eigenvalue weighted by Crippen LogP contribution is 2.28. The Morgan fingerprint density at radius 3 is 1.90 bits per heavy atom. The van der Waals surface area contributed by atoms with E-state index in [-0.39, 0.29) is 71.1 Å². The first-order valence-corrected chi connectivity index (χ1v) is 25.7. The fourth-order valence-electron chi connectivity index (χ4n) is 7.03. The third-order valence-electron chi connectivity index (χ3n) is 10.9. The number of carboxylic acids is 2. The monoisotopic (exact) mass is 1030 g/mol. The Morgan fingerprint density at radius 1 is 0.634 bits per heavy atom. The molecule has 22 nitrogen and oxygen atoms in total. The Labute approximate surface area is 409 Å². The summed E-state index contributed by atoms with van der Waals surface area (Å²) in [7, 11) is -14.8. The number of benzene rings is 4. The Kier molecular flexibility index (Phi) is 16.3. The summed E-state index contributed by atoms with van der Waals surface area (Å²) in [6.07, 6.45) is 2.25. The van der Waals surface area contributed by atoms with Crippen molar-refractivity contribution in [1.82, 2.24) is 29.9 Å². The molecule has 374 valence electrons. The van der Waals surface area contributed by atoms with Crippen LogP contribution in [0.2, 0.25) is 0 Å². The van der Waals surface area contributed by atoms with Crippen molar-refractivity contribution in [3.8, 4) is 0 Å². The van der Waals surface area contributed by atoms with E-state index in [0.717, 1.165) is 12.1 Å². The fourth-order valence-corrected chi connectivity index (χ4v) is 8.86. The average Bonchev–Trinajstić information content (AvgIpc) is 3.25. The molecule has 0 saturated heterocycles. The Hall–Kier alpha value is -7.29. The van der Waals surface area contributed by atoms with Crippen molar-refractivity contribution in [2.45, 2.75) is 87.5 Å². The molecule has 2 heterocycles. The highest BCUT2D eigenvalue weighted by Gasteiger charge is 2.19. The van der Waals surface area contributed by atoms with Gasteiger partial charge in [0.15, 0.2) is 0 Å². The molecule has 71 heavy (non-hydrogen) atoms. The van der Waals surface area contributed by atoms with E-state index in [9.17, 15) is 58.7 Å². The zero-order chi connectivity index (χ0) is 52.0. The topological polar surface area (TPSA) is 365 Å². The number of carboxylic acid groups (broad SMARTS) is 2. The van der Waals surface area contributed by atoms with E-state index in [1.165, 1.54) is 48.5 Å². The van der Waals surface area contributed by atoms with Crippen LogP contribution in [0, 0.1) is 26.7 Å². The molecule has 6 aromatic rings. The number of aliphatic carboxylic acids is 2. The first-order valence-electron chi connectivity index (χ1n) is 21.4. The minimum absolute atomic E-state index is 0.000293. The zero-order valence-corrected chi connectivity index (χ0v) is 40.9. The second-order valence-corrected chi connectivity index (χ2v) is 20.5. The van der Waals surface area contributed by atoms with Gasteiger partial charge >= 0.3 is 0 Å². The maximum absolute atomic E-state index is 12.7. The van der Waals surface area contributed by atoms with Crippen LogP contribution in [0.15, 0.2) is 87.5 Å². The van der Waals surface area contributed by atoms with Gasteiger partial charge in [-0.15, -0.1) is 0 Å². The Morgan fingerprint density at radius 2 is 1.27 bits per heavy atom. The van der Waals surface area contributed by atoms with Crippen molar-refractivity contribution in [2.75, 3.05) is 16.0 Å². The number of carbonyl (C=O) groups excluding carboxylic acids is 2. The van der Waals surface area contributed by atoms with Crippen LogP contribution in [-0.2, 0) is 59.2 Å². The van der Waals surface area contributed by atoms with E-state index in [0.29, 0.717) is 39.8 Å². The predicted octanol–water partition coefficient (Wildman–Crippen LogP) is 2.79. The third kappa shape index (κ3) is 14.6. The lowest BCUT2D eigenvalue weighted by atomic mass is 10.0. The lowest BCUT2D eigenvalue weighted by Gasteiger charge is -2.19. The van der Waals surface area contributed by atoms with Crippen LogP contribution < -0.4 is 26.2 Å². The van der Waals surface area contributed by atoms with Gasteiger partial charge in [-0.3, -0.25) is 0 Å². The van der Waals surface area contributed by atoms with Gasteiger partial charge in [0.05, 0.1) is 20.4 Å². The summed E-state index contributed by atoms with van der Waals surface area (Å²) in [4.78, 5) is 47.8. The van der Waals surface area contributed by atoms with Crippen LogP contribution in [-0.4, -0.2) is 86.8 Å². The van der Waals surface area contributed by atoms with Crippen molar-refractivity contribution < 1.29 is 58.7 Å². The quantitative estimate of drug-likeness (QED) is 0.0689. The molecule has 0 amide bonds. The molecule has 6 rings (SSSR count). The summed E-state index contributed by atoms with van der Waals surface area (Å²) in [5.41, 5.74) is 3.57. The number of nitrogens with zero attached hydrogens (tertiary/aromatic N) is 6. The fraction of sp³-hybridized carbons (Fsp3) is 0.261. The second-order valence-electron chi connectivity index (χ2n) is 16.5. The summed E-state index contributed by atoms with van der Waals surface area (Å²) in [6, 6.07) is 16.9. The number of carbonyl (C=O) groups is 2. The van der Waals surface area contributed by atoms with Gasteiger partial charge in [-0.1, -0.05) is 55.5 Å². The molecular formula is C46H44N9O13S3-5. The van der Waals surface area contributed by atoms with Crippen molar-refractivity contribution in [1.29, 1.82) is 0 Å². The SMILES string of the molecule is CCC(C)Nc1nc(Cc2cc(S(=O)(=O)[O-])ccc2C)nc(Nc2ccc(/C=C/c3ccc(Cc4nc(CC(CC(=O)[O-])C(=O)[O-])nc(Nc5cc(C)ccc5S(=O)(=O)[O-])n4)cc3C)c(S(=O)(=O)[O-])c2)n1. The van der Waals surface area contributed by atoms with Gasteiger partial charge < -0.3 is 49.4 Å². The van der Waals surface area contributed by atoms with E-state index in [4.69, 9.17) is 0 Å². The van der Waals surface area contributed by atoms with Crippen LogP contribution >= 0.6 is 0 Å². The molecule has 0 saturated carbocycles. The Balaban J connectivity index is 1.27. The molecule has 3 N–H and O–H groups in total. The maximum atomic E-state index is 12.7.